The number of ketones is 1. The van der Waals surface area contributed by atoms with Crippen molar-refractivity contribution in [1.29, 1.82) is 0 Å². The fourth-order valence-electron chi connectivity index (χ4n) is 4.86. The largest absolute Gasteiger partial charge is 0.507 e. The number of thiazole rings is 1. The van der Waals surface area contributed by atoms with Crippen molar-refractivity contribution in [3.8, 4) is 5.75 Å². The van der Waals surface area contributed by atoms with Crippen LogP contribution in [0.3, 0.4) is 0 Å². The van der Waals surface area contributed by atoms with E-state index in [1.165, 1.54) is 25.3 Å². The quantitative estimate of drug-likeness (QED) is 0.142. The molecule has 41 heavy (non-hydrogen) atoms. The van der Waals surface area contributed by atoms with Crippen molar-refractivity contribution in [1.82, 2.24) is 4.98 Å². The number of ether oxygens (including phenoxy) is 3. The van der Waals surface area contributed by atoms with Crippen LogP contribution >= 0.6 is 11.3 Å². The minimum Gasteiger partial charge on any atom is -0.507 e. The molecule has 2 atom stereocenters. The number of nitrogens with zero attached hydrogens (tertiary/aromatic N) is 2. The average molecular weight is 575 g/mol. The van der Waals surface area contributed by atoms with Gasteiger partial charge in [-0.2, -0.15) is 0 Å². The van der Waals surface area contributed by atoms with Crippen molar-refractivity contribution in [3.63, 3.8) is 0 Å². The summed E-state index contributed by atoms with van der Waals surface area (Å²) in [6.45, 7) is 7.05. The van der Waals surface area contributed by atoms with E-state index in [1.807, 2.05) is 6.92 Å². The molecule has 0 bridgehead atoms. The van der Waals surface area contributed by atoms with Gasteiger partial charge in [0.15, 0.2) is 5.13 Å². The molecular formula is C30H26N2O8S. The lowest BCUT2D eigenvalue weighted by Gasteiger charge is -2.23. The smallest absolute Gasteiger partial charge is 0.350 e. The zero-order valence-electron chi connectivity index (χ0n) is 22.5. The molecule has 3 heterocycles. The molecule has 0 aliphatic carbocycles. The molecule has 5 rings (SSSR count). The molecule has 1 amide bonds. The molecule has 11 heteroatoms. The fraction of sp³-hybridized carbons (Fsp3) is 0.233. The van der Waals surface area contributed by atoms with Gasteiger partial charge >= 0.3 is 17.8 Å². The van der Waals surface area contributed by atoms with Gasteiger partial charge in [0.05, 0.1) is 30.0 Å². The zero-order valence-corrected chi connectivity index (χ0v) is 23.3. The summed E-state index contributed by atoms with van der Waals surface area (Å²) < 4.78 is 15.7. The van der Waals surface area contributed by atoms with Crippen LogP contribution in [0.25, 0.3) is 5.76 Å². The summed E-state index contributed by atoms with van der Waals surface area (Å²) >= 11 is 0.895. The molecule has 1 N–H and O–H groups in total. The normalized spacial score (nSPS) is 19.0. The zero-order chi connectivity index (χ0) is 29.4. The molecule has 2 aromatic carbocycles. The van der Waals surface area contributed by atoms with Gasteiger partial charge in [0.2, 0.25) is 0 Å². The Balaban J connectivity index is 1.65. The highest BCUT2D eigenvalue weighted by atomic mass is 32.1. The summed E-state index contributed by atoms with van der Waals surface area (Å²) in [7, 11) is 1.26. The summed E-state index contributed by atoms with van der Waals surface area (Å²) in [6, 6.07) is 10.1. The fourth-order valence-corrected chi connectivity index (χ4v) is 5.85. The number of anilines is 1. The molecule has 2 unspecified atom stereocenters. The van der Waals surface area contributed by atoms with Gasteiger partial charge in [-0.3, -0.25) is 14.5 Å². The first-order valence-corrected chi connectivity index (χ1v) is 13.5. The van der Waals surface area contributed by atoms with Crippen LogP contribution in [0.1, 0.15) is 55.4 Å². The standard InChI is InChI=1S/C30H26N2O8S/c1-5-12-39-29(37)26-16(3)31-30(41-26)32-23(17-6-8-18(9-7-17)28(36)38-4)22(25(34)27(32)35)24(33)19-10-11-21-20(14-19)13-15(2)40-21/h5-11,14-15,23,33H,1,12-13H2,2-4H3. The first kappa shape index (κ1) is 27.8. The lowest BCUT2D eigenvalue weighted by molar-refractivity contribution is -0.132. The van der Waals surface area contributed by atoms with Crippen molar-refractivity contribution in [2.45, 2.75) is 32.4 Å². The minimum atomic E-state index is -1.10. The summed E-state index contributed by atoms with van der Waals surface area (Å²) in [4.78, 5) is 57.4. The van der Waals surface area contributed by atoms with Gasteiger partial charge < -0.3 is 19.3 Å². The number of aliphatic hydroxyl groups is 1. The third-order valence-electron chi connectivity index (χ3n) is 6.77. The molecule has 3 aromatic rings. The number of aryl methyl sites for hydroxylation is 1. The second kappa shape index (κ2) is 11.0. The maximum atomic E-state index is 13.5. The minimum absolute atomic E-state index is 0.00679. The molecular weight excluding hydrogens is 548 g/mol. The van der Waals surface area contributed by atoms with Crippen LogP contribution in [-0.2, 0) is 25.5 Å². The Hall–Kier alpha value is -4.77. The molecule has 210 valence electrons. The molecule has 2 aliphatic rings. The highest BCUT2D eigenvalue weighted by Gasteiger charge is 2.48. The first-order chi connectivity index (χ1) is 19.6. The monoisotopic (exact) mass is 574 g/mol. The Morgan fingerprint density at radius 1 is 1.17 bits per heavy atom. The summed E-state index contributed by atoms with van der Waals surface area (Å²) in [5.41, 5.74) is 2.07. The van der Waals surface area contributed by atoms with E-state index in [0.717, 1.165) is 21.8 Å². The number of esters is 2. The number of Topliss-reactive ketones (excluding diaryl/α,β-unsaturated/α-hetero) is 1. The molecule has 0 radical (unpaired) electrons. The number of benzene rings is 2. The molecule has 0 spiro atoms. The van der Waals surface area contributed by atoms with Crippen LogP contribution in [0.5, 0.6) is 5.75 Å². The van der Waals surface area contributed by atoms with E-state index in [2.05, 4.69) is 11.6 Å². The Kier molecular flexibility index (Phi) is 7.46. The van der Waals surface area contributed by atoms with E-state index < -0.39 is 29.7 Å². The third-order valence-corrected chi connectivity index (χ3v) is 7.91. The number of amides is 1. The number of aromatic nitrogens is 1. The maximum Gasteiger partial charge on any atom is 0.350 e. The lowest BCUT2D eigenvalue weighted by Crippen LogP contribution is -2.29. The van der Waals surface area contributed by atoms with Crippen LogP contribution in [-0.4, -0.2) is 53.5 Å². The topological polar surface area (TPSA) is 132 Å². The van der Waals surface area contributed by atoms with Crippen LogP contribution in [0.15, 0.2) is 60.7 Å². The molecule has 1 aromatic heterocycles. The molecule has 0 saturated carbocycles. The van der Waals surface area contributed by atoms with Gasteiger partial charge in [-0.15, -0.1) is 0 Å². The third kappa shape index (κ3) is 5.00. The highest BCUT2D eigenvalue weighted by molar-refractivity contribution is 7.17. The van der Waals surface area contributed by atoms with Gasteiger partial charge in [-0.1, -0.05) is 36.1 Å². The number of carbonyl (C=O) groups excluding carboxylic acids is 4. The van der Waals surface area contributed by atoms with Crippen molar-refractivity contribution < 1.29 is 38.5 Å². The van der Waals surface area contributed by atoms with Crippen molar-refractivity contribution in [2.24, 2.45) is 0 Å². The number of methoxy groups -OCH3 is 1. The van der Waals surface area contributed by atoms with E-state index >= 15 is 0 Å². The second-order valence-electron chi connectivity index (χ2n) is 9.54. The predicted octanol–water partition coefficient (Wildman–Crippen LogP) is 4.53. The predicted molar refractivity (Wildman–Crippen MR) is 150 cm³/mol. The van der Waals surface area contributed by atoms with Crippen LogP contribution < -0.4 is 9.64 Å². The van der Waals surface area contributed by atoms with Gasteiger partial charge in [0, 0.05) is 12.0 Å². The first-order valence-electron chi connectivity index (χ1n) is 12.7. The molecule has 1 fully saturated rings. The van der Waals surface area contributed by atoms with Crippen molar-refractivity contribution in [2.75, 3.05) is 18.6 Å². The molecule has 2 aliphatic heterocycles. The van der Waals surface area contributed by atoms with Crippen LogP contribution in [0.4, 0.5) is 5.13 Å². The Bertz CT molecular complexity index is 1620. The van der Waals surface area contributed by atoms with Gasteiger partial charge in [-0.05, 0) is 55.3 Å². The average Bonchev–Trinajstić information content (AvgIpc) is 3.62. The summed E-state index contributed by atoms with van der Waals surface area (Å²) in [6.07, 6.45) is 2.03. The molecule has 1 saturated heterocycles. The van der Waals surface area contributed by atoms with E-state index in [4.69, 9.17) is 14.2 Å². The van der Waals surface area contributed by atoms with E-state index in [-0.39, 0.29) is 39.6 Å². The van der Waals surface area contributed by atoms with Crippen LogP contribution in [0.2, 0.25) is 0 Å². The van der Waals surface area contributed by atoms with Crippen LogP contribution in [0, 0.1) is 6.92 Å². The lowest BCUT2D eigenvalue weighted by atomic mass is 9.94. The Morgan fingerprint density at radius 3 is 2.56 bits per heavy atom. The SMILES string of the molecule is C=CCOC(=O)c1sc(N2C(=O)C(=O)C(=C(O)c3ccc4c(c3)CC(C)O4)C2c2ccc(C(=O)OC)cc2)nc1C. The highest BCUT2D eigenvalue weighted by Crippen LogP contribution is 2.44. The van der Waals surface area contributed by atoms with Gasteiger partial charge in [0.25, 0.3) is 5.78 Å². The number of hydrogen-bond acceptors (Lipinski definition) is 10. The van der Waals surface area contributed by atoms with Gasteiger partial charge in [0.1, 0.15) is 29.1 Å². The number of fused-ring (bicyclic) bond motifs is 1. The van der Waals surface area contributed by atoms with Crippen molar-refractivity contribution >= 4 is 45.9 Å². The number of hydrogen-bond donors (Lipinski definition) is 1. The number of carbonyl (C=O) groups is 4. The van der Waals surface area contributed by atoms with E-state index in [1.54, 1.807) is 37.3 Å². The van der Waals surface area contributed by atoms with E-state index in [0.29, 0.717) is 29.0 Å². The summed E-state index contributed by atoms with van der Waals surface area (Å²) in [5.74, 6) is -2.72. The summed E-state index contributed by atoms with van der Waals surface area (Å²) in [5, 5.41) is 11.6. The van der Waals surface area contributed by atoms with Crippen molar-refractivity contribution in [3.05, 3.63) is 93.5 Å². The second-order valence-corrected chi connectivity index (χ2v) is 10.5. The van der Waals surface area contributed by atoms with E-state index in [9.17, 15) is 24.3 Å². The number of aliphatic hydroxyl groups excluding tert-OH is 1. The van der Waals surface area contributed by atoms with Gasteiger partial charge in [-0.25, -0.2) is 14.6 Å². The number of rotatable bonds is 7. The Labute approximate surface area is 239 Å². The Morgan fingerprint density at radius 2 is 1.88 bits per heavy atom. The maximum absolute atomic E-state index is 13.5. The molecule has 10 nitrogen and oxygen atoms in total.